The minimum Gasteiger partial charge on any atom is -0.408 e. The minimum atomic E-state index is -0.644. The standard InChI is InChI=1S/C13H14ClN3O4/c1-15-11(18)6-16(2)12(19)7-17-9-4-3-8(14)5-10(9)21-13(17)20/h3-5H,6-7H2,1-2H3,(H,15,18). The van der Waals surface area contributed by atoms with E-state index in [2.05, 4.69) is 5.32 Å². The van der Waals surface area contributed by atoms with Crippen LogP contribution in [0.5, 0.6) is 0 Å². The third-order valence-corrected chi connectivity index (χ3v) is 3.24. The summed E-state index contributed by atoms with van der Waals surface area (Å²) >= 11 is 5.82. The average molecular weight is 312 g/mol. The van der Waals surface area contributed by atoms with Crippen molar-refractivity contribution in [3.63, 3.8) is 0 Å². The largest absolute Gasteiger partial charge is 0.420 e. The van der Waals surface area contributed by atoms with Crippen molar-refractivity contribution >= 4 is 34.5 Å². The van der Waals surface area contributed by atoms with Crippen LogP contribution < -0.4 is 11.1 Å². The SMILES string of the molecule is CNC(=O)CN(C)C(=O)Cn1c(=O)oc2cc(Cl)ccc21. The van der Waals surface area contributed by atoms with Crippen molar-refractivity contribution in [2.24, 2.45) is 0 Å². The Morgan fingerprint density at radius 2 is 2.14 bits per heavy atom. The molecule has 2 amide bonds. The first-order valence-electron chi connectivity index (χ1n) is 6.16. The first-order chi connectivity index (χ1) is 9.92. The van der Waals surface area contributed by atoms with Crippen molar-refractivity contribution in [3.8, 4) is 0 Å². The van der Waals surface area contributed by atoms with E-state index in [4.69, 9.17) is 16.0 Å². The molecule has 1 aromatic carbocycles. The number of oxazole rings is 1. The molecule has 1 aromatic heterocycles. The number of fused-ring (bicyclic) bond motifs is 1. The lowest BCUT2D eigenvalue weighted by Gasteiger charge is -2.16. The van der Waals surface area contributed by atoms with E-state index in [1.165, 1.54) is 29.6 Å². The summed E-state index contributed by atoms with van der Waals surface area (Å²) in [6, 6.07) is 4.72. The molecule has 1 heterocycles. The monoisotopic (exact) mass is 311 g/mol. The fourth-order valence-corrected chi connectivity index (χ4v) is 1.99. The van der Waals surface area contributed by atoms with Gasteiger partial charge in [-0.1, -0.05) is 11.6 Å². The highest BCUT2D eigenvalue weighted by Gasteiger charge is 2.17. The number of rotatable bonds is 4. The van der Waals surface area contributed by atoms with Crippen LogP contribution >= 0.6 is 11.6 Å². The summed E-state index contributed by atoms with van der Waals surface area (Å²) in [6.07, 6.45) is 0. The van der Waals surface area contributed by atoms with Crippen molar-refractivity contribution < 1.29 is 14.0 Å². The molecule has 112 valence electrons. The second kappa shape index (κ2) is 6.01. The molecule has 0 spiro atoms. The number of likely N-dealkylation sites (N-methyl/N-ethyl adjacent to an activating group) is 2. The molecule has 0 saturated carbocycles. The van der Waals surface area contributed by atoms with E-state index < -0.39 is 5.76 Å². The van der Waals surface area contributed by atoms with Gasteiger partial charge in [-0.3, -0.25) is 14.2 Å². The van der Waals surface area contributed by atoms with E-state index in [0.717, 1.165) is 0 Å². The molecule has 0 aliphatic rings. The molecule has 2 rings (SSSR count). The molecular weight excluding hydrogens is 298 g/mol. The number of nitrogens with one attached hydrogen (secondary N) is 1. The van der Waals surface area contributed by atoms with Gasteiger partial charge in [0.1, 0.15) is 6.54 Å². The van der Waals surface area contributed by atoms with Crippen molar-refractivity contribution in [3.05, 3.63) is 33.8 Å². The number of amides is 2. The number of nitrogens with zero attached hydrogens (tertiary/aromatic N) is 2. The van der Waals surface area contributed by atoms with Crippen LogP contribution in [0.1, 0.15) is 0 Å². The van der Waals surface area contributed by atoms with Crippen LogP contribution in [0, 0.1) is 0 Å². The Kier molecular flexibility index (Phi) is 4.32. The van der Waals surface area contributed by atoms with Crippen LogP contribution in [-0.4, -0.2) is 41.9 Å². The van der Waals surface area contributed by atoms with E-state index in [-0.39, 0.29) is 24.9 Å². The van der Waals surface area contributed by atoms with Gasteiger partial charge in [-0.2, -0.15) is 0 Å². The molecule has 1 N–H and O–H groups in total. The van der Waals surface area contributed by atoms with Gasteiger partial charge in [0.25, 0.3) is 0 Å². The summed E-state index contributed by atoms with van der Waals surface area (Å²) in [4.78, 5) is 36.3. The van der Waals surface area contributed by atoms with Crippen LogP contribution in [0.25, 0.3) is 11.1 Å². The van der Waals surface area contributed by atoms with Crippen molar-refractivity contribution in [1.29, 1.82) is 0 Å². The number of halogens is 1. The Labute approximate surface area is 125 Å². The van der Waals surface area contributed by atoms with Gasteiger partial charge in [0, 0.05) is 25.2 Å². The van der Waals surface area contributed by atoms with Gasteiger partial charge in [-0.25, -0.2) is 4.79 Å². The predicted molar refractivity (Wildman–Crippen MR) is 77.2 cm³/mol. The highest BCUT2D eigenvalue weighted by atomic mass is 35.5. The number of hydrogen-bond donors (Lipinski definition) is 1. The fraction of sp³-hybridized carbons (Fsp3) is 0.308. The summed E-state index contributed by atoms with van der Waals surface area (Å²) in [7, 11) is 2.97. The Balaban J connectivity index is 2.23. The zero-order valence-electron chi connectivity index (χ0n) is 11.6. The highest BCUT2D eigenvalue weighted by Crippen LogP contribution is 2.18. The quantitative estimate of drug-likeness (QED) is 0.888. The Bertz CT molecular complexity index is 749. The van der Waals surface area contributed by atoms with Crippen LogP contribution in [0.2, 0.25) is 5.02 Å². The van der Waals surface area contributed by atoms with E-state index in [0.29, 0.717) is 16.1 Å². The van der Waals surface area contributed by atoms with E-state index in [1.807, 2.05) is 0 Å². The van der Waals surface area contributed by atoms with Gasteiger partial charge in [0.15, 0.2) is 5.58 Å². The molecule has 7 nitrogen and oxygen atoms in total. The molecule has 0 aliphatic heterocycles. The average Bonchev–Trinajstić information content (AvgIpc) is 2.73. The number of carbonyl (C=O) groups excluding carboxylic acids is 2. The Morgan fingerprint density at radius 3 is 2.81 bits per heavy atom. The van der Waals surface area contributed by atoms with Crippen LogP contribution in [0.3, 0.4) is 0 Å². The topological polar surface area (TPSA) is 84.5 Å². The Hall–Kier alpha value is -2.28. The molecule has 0 fully saturated rings. The summed E-state index contributed by atoms with van der Waals surface area (Å²) in [5.41, 5.74) is 0.792. The molecule has 0 atom stereocenters. The Morgan fingerprint density at radius 1 is 1.43 bits per heavy atom. The maximum absolute atomic E-state index is 12.0. The second-order valence-electron chi connectivity index (χ2n) is 4.49. The number of hydrogen-bond acceptors (Lipinski definition) is 4. The van der Waals surface area contributed by atoms with E-state index in [9.17, 15) is 14.4 Å². The van der Waals surface area contributed by atoms with Crippen molar-refractivity contribution in [2.45, 2.75) is 6.54 Å². The third-order valence-electron chi connectivity index (χ3n) is 3.01. The number of benzene rings is 1. The summed E-state index contributed by atoms with van der Waals surface area (Å²) < 4.78 is 6.24. The second-order valence-corrected chi connectivity index (χ2v) is 4.93. The summed E-state index contributed by atoms with van der Waals surface area (Å²) in [5, 5.41) is 2.86. The third kappa shape index (κ3) is 3.25. The summed E-state index contributed by atoms with van der Waals surface area (Å²) in [5.74, 6) is -1.31. The van der Waals surface area contributed by atoms with Crippen molar-refractivity contribution in [2.75, 3.05) is 20.6 Å². The van der Waals surface area contributed by atoms with E-state index >= 15 is 0 Å². The molecule has 0 aliphatic carbocycles. The first kappa shape index (κ1) is 15.1. The molecule has 0 saturated heterocycles. The maximum atomic E-state index is 12.0. The zero-order valence-corrected chi connectivity index (χ0v) is 12.3. The lowest BCUT2D eigenvalue weighted by Crippen LogP contribution is -2.39. The fourth-order valence-electron chi connectivity index (χ4n) is 1.83. The van der Waals surface area contributed by atoms with Crippen LogP contribution in [0.4, 0.5) is 0 Å². The lowest BCUT2D eigenvalue weighted by molar-refractivity contribution is -0.135. The smallest absolute Gasteiger partial charge is 0.408 e. The maximum Gasteiger partial charge on any atom is 0.420 e. The van der Waals surface area contributed by atoms with Crippen LogP contribution in [0.15, 0.2) is 27.4 Å². The van der Waals surface area contributed by atoms with Gasteiger partial charge in [0.2, 0.25) is 11.8 Å². The van der Waals surface area contributed by atoms with Gasteiger partial charge in [-0.15, -0.1) is 0 Å². The molecule has 0 bridgehead atoms. The van der Waals surface area contributed by atoms with Crippen molar-refractivity contribution in [1.82, 2.24) is 14.8 Å². The van der Waals surface area contributed by atoms with Gasteiger partial charge >= 0.3 is 5.76 Å². The molecule has 21 heavy (non-hydrogen) atoms. The molecule has 0 unspecified atom stereocenters. The van der Waals surface area contributed by atoms with Crippen LogP contribution in [-0.2, 0) is 16.1 Å². The lowest BCUT2D eigenvalue weighted by atomic mass is 10.3. The molecule has 2 aromatic rings. The summed E-state index contributed by atoms with van der Waals surface area (Å²) in [6.45, 7) is -0.285. The minimum absolute atomic E-state index is 0.0777. The van der Waals surface area contributed by atoms with E-state index in [1.54, 1.807) is 12.1 Å². The molecule has 0 radical (unpaired) electrons. The number of carbonyl (C=O) groups is 2. The van der Waals surface area contributed by atoms with Gasteiger partial charge in [0.05, 0.1) is 12.1 Å². The zero-order chi connectivity index (χ0) is 15.6. The predicted octanol–water partition coefficient (Wildman–Crippen LogP) is 0.452. The van der Waals surface area contributed by atoms with Gasteiger partial charge in [-0.05, 0) is 12.1 Å². The highest BCUT2D eigenvalue weighted by molar-refractivity contribution is 6.31. The molecule has 8 heteroatoms. The first-order valence-corrected chi connectivity index (χ1v) is 6.53. The number of aromatic nitrogens is 1. The molecular formula is C13H14ClN3O4. The van der Waals surface area contributed by atoms with Gasteiger partial charge < -0.3 is 14.6 Å². The normalized spacial score (nSPS) is 10.6.